The number of H-pyrrole nitrogens is 1. The predicted molar refractivity (Wildman–Crippen MR) is 96.2 cm³/mol. The van der Waals surface area contributed by atoms with Crippen LogP contribution in [0, 0.1) is 0 Å². The zero-order chi connectivity index (χ0) is 17.9. The molecule has 3 aromatic rings. The lowest BCUT2D eigenvalue weighted by atomic mass is 9.80. The fourth-order valence-corrected chi connectivity index (χ4v) is 2.95. The molecule has 0 unspecified atom stereocenters. The van der Waals surface area contributed by atoms with Crippen LogP contribution in [0.4, 0.5) is 11.8 Å². The molecular formula is C17H20N8O. The Hall–Kier alpha value is -3.07. The molecule has 0 aliphatic heterocycles. The number of nitrogens with zero attached hydrogens (tertiary/aromatic N) is 5. The largest absolute Gasteiger partial charge is 0.393 e. The zero-order valence-electron chi connectivity index (χ0n) is 14.1. The maximum Gasteiger partial charge on any atom is 0.222 e. The Morgan fingerprint density at radius 2 is 2.15 bits per heavy atom. The number of anilines is 2. The van der Waals surface area contributed by atoms with Gasteiger partial charge in [-0.2, -0.15) is 10.1 Å². The van der Waals surface area contributed by atoms with Gasteiger partial charge in [0.1, 0.15) is 11.6 Å². The van der Waals surface area contributed by atoms with Crippen molar-refractivity contribution in [3.63, 3.8) is 0 Å². The molecule has 1 aliphatic carbocycles. The van der Waals surface area contributed by atoms with E-state index in [9.17, 15) is 5.11 Å². The maximum atomic E-state index is 9.46. The van der Waals surface area contributed by atoms with Crippen LogP contribution < -0.4 is 11.1 Å². The van der Waals surface area contributed by atoms with Gasteiger partial charge in [-0.05, 0) is 25.0 Å². The molecule has 0 amide bonds. The second kappa shape index (κ2) is 7.04. The van der Waals surface area contributed by atoms with Crippen molar-refractivity contribution in [2.75, 3.05) is 17.6 Å². The Kier molecular flexibility index (Phi) is 4.44. The molecule has 9 nitrogen and oxygen atoms in total. The Morgan fingerprint density at radius 3 is 2.92 bits per heavy atom. The molecule has 0 atom stereocenters. The maximum absolute atomic E-state index is 9.46. The number of nitrogen functional groups attached to an aromatic ring is 1. The van der Waals surface area contributed by atoms with Crippen molar-refractivity contribution in [2.24, 2.45) is 0 Å². The summed E-state index contributed by atoms with van der Waals surface area (Å²) >= 11 is 0. The first kappa shape index (κ1) is 16.4. The minimum atomic E-state index is -0.229. The quantitative estimate of drug-likeness (QED) is 0.518. The van der Waals surface area contributed by atoms with E-state index in [1.54, 1.807) is 12.4 Å². The summed E-state index contributed by atoms with van der Waals surface area (Å²) in [6.07, 6.45) is 5.33. The Labute approximate surface area is 150 Å². The van der Waals surface area contributed by atoms with E-state index in [4.69, 9.17) is 5.73 Å². The summed E-state index contributed by atoms with van der Waals surface area (Å²) in [5.74, 6) is 2.59. The highest BCUT2D eigenvalue weighted by atomic mass is 16.3. The monoisotopic (exact) mass is 352 g/mol. The number of pyridine rings is 1. The van der Waals surface area contributed by atoms with E-state index in [-0.39, 0.29) is 18.0 Å². The lowest BCUT2D eigenvalue weighted by molar-refractivity contribution is 0.0732. The highest BCUT2D eigenvalue weighted by Gasteiger charge is 2.30. The number of hydrogen-bond acceptors (Lipinski definition) is 8. The number of aromatic amines is 1. The minimum absolute atomic E-state index is 0.229. The van der Waals surface area contributed by atoms with Crippen LogP contribution in [-0.4, -0.2) is 47.9 Å². The second-order valence-corrected chi connectivity index (χ2v) is 6.38. The third-order valence-corrected chi connectivity index (χ3v) is 4.41. The first-order valence-electron chi connectivity index (χ1n) is 8.55. The van der Waals surface area contributed by atoms with Crippen molar-refractivity contribution < 1.29 is 5.11 Å². The van der Waals surface area contributed by atoms with Gasteiger partial charge in [-0.3, -0.25) is 10.1 Å². The van der Waals surface area contributed by atoms with Gasteiger partial charge in [0.15, 0.2) is 5.82 Å². The summed E-state index contributed by atoms with van der Waals surface area (Å²) in [5.41, 5.74) is 7.55. The van der Waals surface area contributed by atoms with Crippen molar-refractivity contribution in [1.29, 1.82) is 0 Å². The zero-order valence-corrected chi connectivity index (χ0v) is 14.1. The fraction of sp³-hybridized carbons (Fsp3) is 0.353. The van der Waals surface area contributed by atoms with Gasteiger partial charge >= 0.3 is 0 Å². The van der Waals surface area contributed by atoms with E-state index in [1.807, 2.05) is 18.2 Å². The first-order chi connectivity index (χ1) is 12.7. The molecule has 4 rings (SSSR count). The SMILES string of the molecule is Nc1nc(NCCc2nc(-c3cccnc3)n[nH]2)cc(C2CC(O)C2)n1. The van der Waals surface area contributed by atoms with Gasteiger partial charge in [0, 0.05) is 42.9 Å². The van der Waals surface area contributed by atoms with Gasteiger partial charge in [0.05, 0.1) is 11.8 Å². The van der Waals surface area contributed by atoms with Crippen LogP contribution in [0.5, 0.6) is 0 Å². The van der Waals surface area contributed by atoms with Gasteiger partial charge < -0.3 is 16.2 Å². The van der Waals surface area contributed by atoms with E-state index in [1.165, 1.54) is 0 Å². The average Bonchev–Trinajstić information content (AvgIpc) is 3.08. The van der Waals surface area contributed by atoms with Crippen LogP contribution in [-0.2, 0) is 6.42 Å². The summed E-state index contributed by atoms with van der Waals surface area (Å²) in [5, 5.41) is 19.9. The molecule has 0 aromatic carbocycles. The summed E-state index contributed by atoms with van der Waals surface area (Å²) in [6, 6.07) is 5.67. The van der Waals surface area contributed by atoms with Crippen LogP contribution in [0.3, 0.4) is 0 Å². The number of nitrogens with one attached hydrogen (secondary N) is 2. The van der Waals surface area contributed by atoms with E-state index in [0.717, 1.165) is 29.9 Å². The molecule has 0 bridgehead atoms. The highest BCUT2D eigenvalue weighted by Crippen LogP contribution is 2.36. The Bertz CT molecular complexity index is 875. The van der Waals surface area contributed by atoms with E-state index < -0.39 is 0 Å². The normalized spacial score (nSPS) is 19.1. The summed E-state index contributed by atoms with van der Waals surface area (Å²) in [6.45, 7) is 0.630. The van der Waals surface area contributed by atoms with Gasteiger partial charge in [-0.25, -0.2) is 9.97 Å². The van der Waals surface area contributed by atoms with Gasteiger partial charge in [0.25, 0.3) is 0 Å². The van der Waals surface area contributed by atoms with Crippen molar-refractivity contribution in [3.05, 3.63) is 42.1 Å². The summed E-state index contributed by atoms with van der Waals surface area (Å²) < 4.78 is 0. The van der Waals surface area contributed by atoms with Crippen LogP contribution in [0.25, 0.3) is 11.4 Å². The van der Waals surface area contributed by atoms with E-state index in [0.29, 0.717) is 24.6 Å². The standard InChI is InChI=1S/C17H20N8O/c18-17-21-13(11-6-12(26)7-11)8-15(23-17)20-5-3-14-22-16(25-24-14)10-2-1-4-19-9-10/h1-2,4,8-9,11-12,26H,3,5-7H2,(H,22,24,25)(H3,18,20,21,23). The molecule has 3 aromatic heterocycles. The van der Waals surface area contributed by atoms with Crippen LogP contribution >= 0.6 is 0 Å². The second-order valence-electron chi connectivity index (χ2n) is 6.38. The number of hydrogen-bond donors (Lipinski definition) is 4. The molecule has 1 fully saturated rings. The summed E-state index contributed by atoms with van der Waals surface area (Å²) in [7, 11) is 0. The molecule has 3 heterocycles. The molecule has 5 N–H and O–H groups in total. The predicted octanol–water partition coefficient (Wildman–Crippen LogP) is 1.13. The number of rotatable bonds is 6. The average molecular weight is 352 g/mol. The highest BCUT2D eigenvalue weighted by molar-refractivity contribution is 5.52. The van der Waals surface area contributed by atoms with Crippen LogP contribution in [0.2, 0.25) is 0 Å². The number of nitrogens with two attached hydrogens (primary N) is 1. The van der Waals surface area contributed by atoms with Gasteiger partial charge in [-0.15, -0.1) is 0 Å². The molecule has 0 saturated heterocycles. The Morgan fingerprint density at radius 1 is 1.27 bits per heavy atom. The topological polar surface area (TPSA) is 139 Å². The molecular weight excluding hydrogens is 332 g/mol. The first-order valence-corrected chi connectivity index (χ1v) is 8.55. The number of aliphatic hydroxyl groups excluding tert-OH is 1. The third kappa shape index (κ3) is 3.62. The van der Waals surface area contributed by atoms with Crippen molar-refractivity contribution in [1.82, 2.24) is 30.1 Å². The number of aromatic nitrogens is 6. The van der Waals surface area contributed by atoms with E-state index in [2.05, 4.69) is 35.5 Å². The fourth-order valence-electron chi connectivity index (χ4n) is 2.95. The van der Waals surface area contributed by atoms with Crippen molar-refractivity contribution in [3.8, 4) is 11.4 Å². The lowest BCUT2D eigenvalue weighted by Gasteiger charge is -2.30. The molecule has 1 saturated carbocycles. The van der Waals surface area contributed by atoms with Crippen LogP contribution in [0.15, 0.2) is 30.6 Å². The molecule has 0 spiro atoms. The smallest absolute Gasteiger partial charge is 0.222 e. The molecule has 9 heteroatoms. The molecule has 26 heavy (non-hydrogen) atoms. The molecule has 134 valence electrons. The molecule has 0 radical (unpaired) electrons. The van der Waals surface area contributed by atoms with Gasteiger partial charge in [0.2, 0.25) is 5.95 Å². The Balaban J connectivity index is 1.36. The van der Waals surface area contributed by atoms with Crippen molar-refractivity contribution >= 4 is 11.8 Å². The summed E-state index contributed by atoms with van der Waals surface area (Å²) in [4.78, 5) is 17.0. The minimum Gasteiger partial charge on any atom is -0.393 e. The van der Waals surface area contributed by atoms with Crippen molar-refractivity contribution in [2.45, 2.75) is 31.3 Å². The van der Waals surface area contributed by atoms with E-state index >= 15 is 0 Å². The number of aliphatic hydroxyl groups is 1. The third-order valence-electron chi connectivity index (χ3n) is 4.41. The lowest BCUT2D eigenvalue weighted by Crippen LogP contribution is -2.27. The molecule has 1 aliphatic rings. The van der Waals surface area contributed by atoms with Gasteiger partial charge in [-0.1, -0.05) is 0 Å². The van der Waals surface area contributed by atoms with Crippen LogP contribution in [0.1, 0.15) is 30.3 Å².